The third-order valence-electron chi connectivity index (χ3n) is 5.03. The Bertz CT molecular complexity index is 435. The number of likely N-dealkylation sites (tertiary alicyclic amines) is 1. The number of aliphatic hydroxyl groups excluding tert-OH is 1. The highest BCUT2D eigenvalue weighted by Crippen LogP contribution is 2.30. The molecule has 1 rings (SSSR count). The summed E-state index contributed by atoms with van der Waals surface area (Å²) in [5.41, 5.74) is 0. The first-order chi connectivity index (χ1) is 12.0. The number of aliphatic hydroxyl groups is 1. The van der Waals surface area contributed by atoms with Crippen LogP contribution < -0.4 is 0 Å². The highest BCUT2D eigenvalue weighted by atomic mass is 16.4. The lowest BCUT2D eigenvalue weighted by atomic mass is 9.89. The number of carbonyl (C=O) groups is 2. The second-order valence-electron chi connectivity index (χ2n) is 7.28. The molecule has 0 aromatic heterocycles. The van der Waals surface area contributed by atoms with Crippen LogP contribution in [-0.2, 0) is 9.59 Å². The Kier molecular flexibility index (Phi) is 10.5. The monoisotopic (exact) mass is 353 g/mol. The van der Waals surface area contributed by atoms with E-state index in [0.29, 0.717) is 6.42 Å². The summed E-state index contributed by atoms with van der Waals surface area (Å²) in [5, 5.41) is 18.7. The molecule has 3 atom stereocenters. The molecule has 25 heavy (non-hydrogen) atoms. The van der Waals surface area contributed by atoms with E-state index in [4.69, 9.17) is 5.11 Å². The summed E-state index contributed by atoms with van der Waals surface area (Å²) in [6.07, 6.45) is 12.2. The average molecular weight is 354 g/mol. The van der Waals surface area contributed by atoms with Gasteiger partial charge in [0, 0.05) is 31.8 Å². The largest absolute Gasteiger partial charge is 0.481 e. The van der Waals surface area contributed by atoms with Gasteiger partial charge in [0.1, 0.15) is 0 Å². The van der Waals surface area contributed by atoms with Gasteiger partial charge in [0.2, 0.25) is 5.91 Å². The molecule has 0 bridgehead atoms. The lowest BCUT2D eigenvalue weighted by Crippen LogP contribution is -2.22. The molecule has 144 valence electrons. The predicted octanol–water partition coefficient (Wildman–Crippen LogP) is 3.61. The first-order valence-corrected chi connectivity index (χ1v) is 9.78. The smallest absolute Gasteiger partial charge is 0.303 e. The quantitative estimate of drug-likeness (QED) is 0.392. The number of carboxylic acids is 1. The number of nitrogens with zero attached hydrogens (tertiary/aromatic N) is 1. The molecule has 1 aliphatic heterocycles. The first-order valence-electron chi connectivity index (χ1n) is 9.78. The zero-order valence-corrected chi connectivity index (χ0v) is 15.8. The molecule has 1 aliphatic rings. The van der Waals surface area contributed by atoms with Crippen molar-refractivity contribution in [2.24, 2.45) is 11.8 Å². The van der Waals surface area contributed by atoms with Gasteiger partial charge in [-0.25, -0.2) is 0 Å². The highest BCUT2D eigenvalue weighted by Gasteiger charge is 2.36. The maximum Gasteiger partial charge on any atom is 0.303 e. The SMILES string of the molecule is CCCCCC(O)/C=C/C1CN(C)C(=O)C1CCCCCCC(=O)O. The minimum absolute atomic E-state index is 0.00330. The van der Waals surface area contributed by atoms with Crippen molar-refractivity contribution in [1.29, 1.82) is 0 Å². The standard InChI is InChI=1S/C20H35NO4/c1-3-4-7-10-17(22)14-13-16-15-21(2)20(25)18(16)11-8-5-6-9-12-19(23)24/h13-14,16-18,22H,3-12,15H2,1-2H3,(H,23,24)/b14-13+. The molecule has 1 amide bonds. The minimum Gasteiger partial charge on any atom is -0.481 e. The van der Waals surface area contributed by atoms with Crippen LogP contribution in [0.5, 0.6) is 0 Å². The molecule has 0 aliphatic carbocycles. The molecule has 0 saturated carbocycles. The van der Waals surface area contributed by atoms with Gasteiger partial charge in [-0.1, -0.05) is 57.6 Å². The molecule has 0 spiro atoms. The Morgan fingerprint density at radius 1 is 1.24 bits per heavy atom. The number of carboxylic acid groups (broad SMARTS) is 1. The third kappa shape index (κ3) is 8.52. The lowest BCUT2D eigenvalue weighted by Gasteiger charge is -2.14. The Hall–Kier alpha value is -1.36. The number of unbranched alkanes of at least 4 members (excludes halogenated alkanes) is 5. The maximum atomic E-state index is 12.3. The summed E-state index contributed by atoms with van der Waals surface area (Å²) < 4.78 is 0. The van der Waals surface area contributed by atoms with E-state index in [9.17, 15) is 14.7 Å². The van der Waals surface area contributed by atoms with E-state index in [2.05, 4.69) is 6.92 Å². The second kappa shape index (κ2) is 12.1. The number of hydrogen-bond acceptors (Lipinski definition) is 3. The molecule has 0 aromatic carbocycles. The van der Waals surface area contributed by atoms with Crippen molar-refractivity contribution in [3.05, 3.63) is 12.2 Å². The van der Waals surface area contributed by atoms with Crippen molar-refractivity contribution in [1.82, 2.24) is 4.90 Å². The van der Waals surface area contributed by atoms with Crippen LogP contribution in [0.2, 0.25) is 0 Å². The molecule has 3 unspecified atom stereocenters. The topological polar surface area (TPSA) is 77.8 Å². The summed E-state index contributed by atoms with van der Waals surface area (Å²) >= 11 is 0. The van der Waals surface area contributed by atoms with Gasteiger partial charge in [-0.15, -0.1) is 0 Å². The Labute approximate surface area is 152 Å². The fourth-order valence-corrected chi connectivity index (χ4v) is 3.50. The molecular formula is C20H35NO4. The second-order valence-corrected chi connectivity index (χ2v) is 7.28. The molecular weight excluding hydrogens is 318 g/mol. The van der Waals surface area contributed by atoms with Crippen molar-refractivity contribution in [3.63, 3.8) is 0 Å². The van der Waals surface area contributed by atoms with E-state index >= 15 is 0 Å². The van der Waals surface area contributed by atoms with Crippen molar-refractivity contribution < 1.29 is 19.8 Å². The van der Waals surface area contributed by atoms with Gasteiger partial charge < -0.3 is 15.1 Å². The normalized spacial score (nSPS) is 22.0. The van der Waals surface area contributed by atoms with Crippen molar-refractivity contribution in [3.8, 4) is 0 Å². The third-order valence-corrected chi connectivity index (χ3v) is 5.03. The van der Waals surface area contributed by atoms with Gasteiger partial charge in [0.15, 0.2) is 0 Å². The predicted molar refractivity (Wildman–Crippen MR) is 99.2 cm³/mol. The van der Waals surface area contributed by atoms with Crippen LogP contribution in [0, 0.1) is 11.8 Å². The van der Waals surface area contributed by atoms with Gasteiger partial charge in [-0.05, 0) is 19.3 Å². The van der Waals surface area contributed by atoms with Gasteiger partial charge in [0.25, 0.3) is 0 Å². The maximum absolute atomic E-state index is 12.3. The molecule has 1 fully saturated rings. The van der Waals surface area contributed by atoms with Crippen LogP contribution in [0.25, 0.3) is 0 Å². The van der Waals surface area contributed by atoms with Crippen LogP contribution in [0.4, 0.5) is 0 Å². The van der Waals surface area contributed by atoms with Crippen LogP contribution >= 0.6 is 0 Å². The zero-order chi connectivity index (χ0) is 18.7. The van der Waals surface area contributed by atoms with Gasteiger partial charge in [-0.2, -0.15) is 0 Å². The fraction of sp³-hybridized carbons (Fsp3) is 0.800. The number of amides is 1. The molecule has 1 heterocycles. The highest BCUT2D eigenvalue weighted by molar-refractivity contribution is 5.81. The summed E-state index contributed by atoms with van der Waals surface area (Å²) in [4.78, 5) is 24.6. The Morgan fingerprint density at radius 2 is 1.96 bits per heavy atom. The van der Waals surface area contributed by atoms with Crippen LogP contribution in [0.1, 0.15) is 71.1 Å². The number of hydrogen-bond donors (Lipinski definition) is 2. The molecule has 2 N–H and O–H groups in total. The van der Waals surface area contributed by atoms with Crippen LogP contribution in [-0.4, -0.2) is 46.7 Å². The van der Waals surface area contributed by atoms with Gasteiger partial charge in [0.05, 0.1) is 6.10 Å². The Balaban J connectivity index is 2.38. The molecule has 5 nitrogen and oxygen atoms in total. The molecule has 5 heteroatoms. The lowest BCUT2D eigenvalue weighted by molar-refractivity contribution is -0.137. The first kappa shape index (κ1) is 21.7. The summed E-state index contributed by atoms with van der Waals surface area (Å²) in [7, 11) is 1.84. The zero-order valence-electron chi connectivity index (χ0n) is 15.8. The number of aliphatic carboxylic acids is 1. The van der Waals surface area contributed by atoms with Gasteiger partial charge in [-0.3, -0.25) is 9.59 Å². The minimum atomic E-state index is -0.740. The Morgan fingerprint density at radius 3 is 2.64 bits per heavy atom. The van der Waals surface area contributed by atoms with Crippen LogP contribution in [0.3, 0.4) is 0 Å². The van der Waals surface area contributed by atoms with Gasteiger partial charge >= 0.3 is 5.97 Å². The summed E-state index contributed by atoms with van der Waals surface area (Å²) in [6.45, 7) is 2.87. The van der Waals surface area contributed by atoms with Crippen LogP contribution in [0.15, 0.2) is 12.2 Å². The fourth-order valence-electron chi connectivity index (χ4n) is 3.50. The van der Waals surface area contributed by atoms with E-state index in [0.717, 1.165) is 57.9 Å². The average Bonchev–Trinajstić information content (AvgIpc) is 2.83. The van der Waals surface area contributed by atoms with E-state index in [-0.39, 0.29) is 24.2 Å². The molecule has 1 saturated heterocycles. The van der Waals surface area contributed by atoms with Crippen molar-refractivity contribution >= 4 is 11.9 Å². The molecule has 0 radical (unpaired) electrons. The van der Waals surface area contributed by atoms with Crippen molar-refractivity contribution in [2.75, 3.05) is 13.6 Å². The molecule has 0 aromatic rings. The van der Waals surface area contributed by atoms with E-state index in [1.807, 2.05) is 19.2 Å². The van der Waals surface area contributed by atoms with E-state index in [1.165, 1.54) is 0 Å². The van der Waals surface area contributed by atoms with E-state index < -0.39 is 12.1 Å². The summed E-state index contributed by atoms with van der Waals surface area (Å²) in [5.74, 6) is -0.364. The van der Waals surface area contributed by atoms with Crippen molar-refractivity contribution in [2.45, 2.75) is 77.2 Å². The van der Waals surface area contributed by atoms with E-state index in [1.54, 1.807) is 4.90 Å². The summed E-state index contributed by atoms with van der Waals surface area (Å²) in [6, 6.07) is 0. The number of rotatable bonds is 13. The number of carbonyl (C=O) groups excluding carboxylic acids is 1.